The molecule has 0 unspecified atom stereocenters. The number of esters is 1. The first-order chi connectivity index (χ1) is 15.4. The monoisotopic (exact) mass is 456 g/mol. The van der Waals surface area contributed by atoms with Gasteiger partial charge in [0.15, 0.2) is 13.2 Å². The van der Waals surface area contributed by atoms with Crippen molar-refractivity contribution in [2.45, 2.75) is 27.1 Å². The van der Waals surface area contributed by atoms with Crippen molar-refractivity contribution in [1.82, 2.24) is 19.9 Å². The zero-order valence-corrected chi connectivity index (χ0v) is 18.0. The summed E-state index contributed by atoms with van der Waals surface area (Å²) in [4.78, 5) is 16.4. The van der Waals surface area contributed by atoms with Gasteiger partial charge >= 0.3 is 5.97 Å². The van der Waals surface area contributed by atoms with Crippen molar-refractivity contribution in [2.75, 3.05) is 0 Å². The average molecular weight is 457 g/mol. The third-order valence-electron chi connectivity index (χ3n) is 4.57. The van der Waals surface area contributed by atoms with Gasteiger partial charge in [0, 0.05) is 0 Å². The first kappa shape index (κ1) is 21.5. The summed E-state index contributed by atoms with van der Waals surface area (Å²) in [5.74, 6) is -0.0227. The van der Waals surface area contributed by atoms with E-state index in [9.17, 15) is 9.18 Å². The van der Waals surface area contributed by atoms with Crippen LogP contribution in [0.2, 0.25) is 5.02 Å². The maximum Gasteiger partial charge on any atom is 0.338 e. The molecule has 0 N–H and O–H groups in total. The molecule has 0 spiro atoms. The molecule has 10 heteroatoms. The van der Waals surface area contributed by atoms with E-state index in [1.165, 1.54) is 24.3 Å². The Morgan fingerprint density at radius 3 is 2.47 bits per heavy atom. The molecule has 164 valence electrons. The average Bonchev–Trinajstić information content (AvgIpc) is 3.37. The summed E-state index contributed by atoms with van der Waals surface area (Å²) in [6, 6.07) is 12.3. The maximum absolute atomic E-state index is 12.9. The van der Waals surface area contributed by atoms with Crippen LogP contribution in [0.5, 0.6) is 5.75 Å². The van der Waals surface area contributed by atoms with E-state index >= 15 is 0 Å². The lowest BCUT2D eigenvalue weighted by Gasteiger charge is -2.06. The Morgan fingerprint density at radius 2 is 1.81 bits per heavy atom. The quantitative estimate of drug-likeness (QED) is 0.375. The van der Waals surface area contributed by atoms with Crippen LogP contribution in [0.15, 0.2) is 53.1 Å². The number of carbonyl (C=O) groups excluding carboxylic acids is 1. The molecule has 0 amide bonds. The number of halogens is 2. The van der Waals surface area contributed by atoms with Crippen molar-refractivity contribution in [3.63, 3.8) is 0 Å². The minimum absolute atomic E-state index is 0.0286. The molecule has 32 heavy (non-hydrogen) atoms. The molecular weight excluding hydrogens is 439 g/mol. The normalized spacial score (nSPS) is 10.9. The summed E-state index contributed by atoms with van der Waals surface area (Å²) >= 11 is 6.19. The van der Waals surface area contributed by atoms with Gasteiger partial charge in [0.2, 0.25) is 5.82 Å². The van der Waals surface area contributed by atoms with Crippen LogP contribution in [0.3, 0.4) is 0 Å². The van der Waals surface area contributed by atoms with Crippen LogP contribution in [0.1, 0.15) is 33.5 Å². The number of hydrogen-bond donors (Lipinski definition) is 0. The molecule has 0 atom stereocenters. The summed E-state index contributed by atoms with van der Waals surface area (Å²) in [5, 5.41) is 8.76. The molecule has 2 aromatic carbocycles. The molecule has 0 bridgehead atoms. The Labute approximate surface area is 187 Å². The second-order valence-corrected chi connectivity index (χ2v) is 7.24. The molecule has 0 saturated heterocycles. The molecule has 0 aliphatic rings. The fraction of sp³-hybridized carbons (Fsp3) is 0.182. The number of ether oxygens (including phenoxy) is 2. The lowest BCUT2D eigenvalue weighted by Crippen LogP contribution is -2.06. The van der Waals surface area contributed by atoms with Gasteiger partial charge in [0.1, 0.15) is 11.6 Å². The van der Waals surface area contributed by atoms with E-state index in [1.54, 1.807) is 28.9 Å². The lowest BCUT2D eigenvalue weighted by molar-refractivity contribution is 0.0430. The zero-order chi connectivity index (χ0) is 22.7. The predicted octanol–water partition coefficient (Wildman–Crippen LogP) is 4.60. The van der Waals surface area contributed by atoms with Crippen LogP contribution in [0.4, 0.5) is 4.39 Å². The highest BCUT2D eigenvalue weighted by atomic mass is 35.5. The molecule has 2 aromatic heterocycles. The molecule has 2 heterocycles. The van der Waals surface area contributed by atoms with Gasteiger partial charge in [-0.2, -0.15) is 10.1 Å². The molecular formula is C22H18ClFN4O4. The zero-order valence-electron chi connectivity index (χ0n) is 17.2. The molecule has 0 fully saturated rings. The number of aromatic nitrogens is 4. The van der Waals surface area contributed by atoms with E-state index in [2.05, 4.69) is 15.2 Å². The molecule has 8 nitrogen and oxygen atoms in total. The Balaban J connectivity index is 1.32. The van der Waals surface area contributed by atoms with Crippen LogP contribution in [-0.2, 0) is 18.0 Å². The highest BCUT2D eigenvalue weighted by Crippen LogP contribution is 2.22. The number of carbonyl (C=O) groups is 1. The fourth-order valence-electron chi connectivity index (χ4n) is 2.91. The highest BCUT2D eigenvalue weighted by Gasteiger charge is 2.14. The summed E-state index contributed by atoms with van der Waals surface area (Å²) in [6.07, 6.45) is 0. The van der Waals surface area contributed by atoms with Gasteiger partial charge in [-0.25, -0.2) is 13.9 Å². The van der Waals surface area contributed by atoms with Crippen LogP contribution < -0.4 is 4.74 Å². The Morgan fingerprint density at radius 1 is 1.09 bits per heavy atom. The number of hydrogen-bond acceptors (Lipinski definition) is 7. The molecule has 0 aliphatic carbocycles. The molecule has 0 saturated carbocycles. The first-order valence-electron chi connectivity index (χ1n) is 9.60. The molecule has 4 rings (SSSR count). The minimum Gasteiger partial charge on any atom is -0.485 e. The van der Waals surface area contributed by atoms with Gasteiger partial charge < -0.3 is 14.0 Å². The van der Waals surface area contributed by atoms with Crippen molar-refractivity contribution in [1.29, 1.82) is 0 Å². The number of benzene rings is 2. The van der Waals surface area contributed by atoms with Gasteiger partial charge in [-0.05, 0) is 62.4 Å². The van der Waals surface area contributed by atoms with Gasteiger partial charge in [-0.15, -0.1) is 0 Å². The summed E-state index contributed by atoms with van der Waals surface area (Å²) < 4.78 is 30.4. The second kappa shape index (κ2) is 9.19. The molecule has 4 aromatic rings. The smallest absolute Gasteiger partial charge is 0.338 e. The first-order valence-corrected chi connectivity index (χ1v) is 9.97. The van der Waals surface area contributed by atoms with Crippen molar-refractivity contribution < 1.29 is 23.2 Å². The molecule has 0 radical (unpaired) electrons. The SMILES string of the molecule is Cc1nn(-c2ccc(C(=O)OCc3nc(COc4ccc(F)cc4)no3)cc2)c(C)c1Cl. The van der Waals surface area contributed by atoms with E-state index in [-0.39, 0.29) is 30.7 Å². The van der Waals surface area contributed by atoms with E-state index in [0.717, 1.165) is 17.1 Å². The highest BCUT2D eigenvalue weighted by molar-refractivity contribution is 6.31. The maximum atomic E-state index is 12.9. The predicted molar refractivity (Wildman–Crippen MR) is 112 cm³/mol. The van der Waals surface area contributed by atoms with Crippen LogP contribution in [0, 0.1) is 19.7 Å². The van der Waals surface area contributed by atoms with Crippen LogP contribution in [-0.4, -0.2) is 25.9 Å². The standard InChI is InChI=1S/C22H18ClFN4O4/c1-13-21(23)14(2)28(26-13)17-7-3-15(4-8-17)22(29)31-12-20-25-19(27-32-20)11-30-18-9-5-16(24)6-10-18/h3-10H,11-12H2,1-2H3. The van der Waals surface area contributed by atoms with Gasteiger partial charge in [-0.3, -0.25) is 0 Å². The van der Waals surface area contributed by atoms with E-state index in [4.69, 9.17) is 25.6 Å². The summed E-state index contributed by atoms with van der Waals surface area (Å²) in [6.45, 7) is 3.54. The van der Waals surface area contributed by atoms with Crippen molar-refractivity contribution in [3.8, 4) is 11.4 Å². The van der Waals surface area contributed by atoms with Gasteiger partial charge in [-0.1, -0.05) is 16.8 Å². The number of aryl methyl sites for hydroxylation is 1. The largest absolute Gasteiger partial charge is 0.485 e. The van der Waals surface area contributed by atoms with Crippen molar-refractivity contribution >= 4 is 17.6 Å². The van der Waals surface area contributed by atoms with Crippen molar-refractivity contribution in [3.05, 3.63) is 88.0 Å². The summed E-state index contributed by atoms with van der Waals surface area (Å²) in [5.41, 5.74) is 2.68. The second-order valence-electron chi connectivity index (χ2n) is 6.87. The third-order valence-corrected chi connectivity index (χ3v) is 5.12. The fourth-order valence-corrected chi connectivity index (χ4v) is 3.03. The lowest BCUT2D eigenvalue weighted by atomic mass is 10.2. The third kappa shape index (κ3) is 4.78. The Bertz CT molecular complexity index is 1240. The van der Waals surface area contributed by atoms with Gasteiger partial charge in [0.05, 0.1) is 27.7 Å². The minimum atomic E-state index is -0.537. The number of nitrogens with zero attached hydrogens (tertiary/aromatic N) is 4. The van der Waals surface area contributed by atoms with Gasteiger partial charge in [0.25, 0.3) is 5.89 Å². The van der Waals surface area contributed by atoms with E-state index < -0.39 is 5.97 Å². The van der Waals surface area contributed by atoms with Crippen LogP contribution >= 0.6 is 11.6 Å². The van der Waals surface area contributed by atoms with E-state index in [1.807, 2.05) is 13.8 Å². The Kier molecular flexibility index (Phi) is 6.18. The summed E-state index contributed by atoms with van der Waals surface area (Å²) in [7, 11) is 0. The van der Waals surface area contributed by atoms with E-state index in [0.29, 0.717) is 16.3 Å². The molecule has 0 aliphatic heterocycles. The van der Waals surface area contributed by atoms with Crippen LogP contribution in [0.25, 0.3) is 5.69 Å². The topological polar surface area (TPSA) is 92.3 Å². The van der Waals surface area contributed by atoms with Crippen molar-refractivity contribution in [2.24, 2.45) is 0 Å². The number of rotatable bonds is 7. The Hall–Kier alpha value is -3.72.